The number of anilines is 1. The number of amides is 1. The molecule has 0 saturated carbocycles. The van der Waals surface area contributed by atoms with Gasteiger partial charge in [-0.2, -0.15) is 5.10 Å². The number of carbonyl (C=O) groups is 1. The lowest BCUT2D eigenvalue weighted by atomic mass is 10.0. The van der Waals surface area contributed by atoms with Crippen LogP contribution in [-0.2, 0) is 16.2 Å². The number of aromatic nitrogens is 2. The molecule has 0 bridgehead atoms. The second-order valence-electron chi connectivity index (χ2n) is 7.52. The van der Waals surface area contributed by atoms with Crippen LogP contribution in [0.15, 0.2) is 53.7 Å². The molecule has 0 saturated heterocycles. The van der Waals surface area contributed by atoms with E-state index in [2.05, 4.69) is 46.8 Å². The molecule has 1 aliphatic rings. The number of rotatable bonds is 5. The van der Waals surface area contributed by atoms with Crippen LogP contribution in [0.5, 0.6) is 0 Å². The summed E-state index contributed by atoms with van der Waals surface area (Å²) < 4.78 is 15.0. The zero-order valence-corrected chi connectivity index (χ0v) is 17.1. The van der Waals surface area contributed by atoms with E-state index in [4.69, 9.17) is 4.84 Å². The predicted octanol–water partition coefficient (Wildman–Crippen LogP) is 4.13. The monoisotopic (exact) mass is 406 g/mol. The maximum atomic E-state index is 13.1. The fourth-order valence-corrected chi connectivity index (χ4v) is 3.43. The topological polar surface area (TPSA) is 68.5 Å². The lowest BCUT2D eigenvalue weighted by Crippen LogP contribution is -2.28. The van der Waals surface area contributed by atoms with Crippen molar-refractivity contribution in [3.63, 3.8) is 0 Å². The molecule has 1 aliphatic heterocycles. The highest BCUT2D eigenvalue weighted by molar-refractivity contribution is 6.06. The van der Waals surface area contributed by atoms with Crippen LogP contribution in [0.4, 0.5) is 10.1 Å². The van der Waals surface area contributed by atoms with Crippen molar-refractivity contribution < 1.29 is 14.0 Å². The Bertz CT molecular complexity index is 1100. The van der Waals surface area contributed by atoms with Crippen LogP contribution in [0.25, 0.3) is 0 Å². The van der Waals surface area contributed by atoms with E-state index >= 15 is 0 Å². The molecular weight excluding hydrogens is 383 g/mol. The summed E-state index contributed by atoms with van der Waals surface area (Å²) in [6.45, 7) is 6.47. The Morgan fingerprint density at radius 1 is 1.13 bits per heavy atom. The van der Waals surface area contributed by atoms with E-state index < -0.39 is 6.10 Å². The molecule has 3 aromatic rings. The largest absolute Gasteiger partial charge is 0.382 e. The molecule has 7 heteroatoms. The van der Waals surface area contributed by atoms with Crippen molar-refractivity contribution in [2.24, 2.45) is 5.16 Å². The summed E-state index contributed by atoms with van der Waals surface area (Å²) in [6.07, 6.45) is -0.406. The van der Waals surface area contributed by atoms with Gasteiger partial charge in [-0.05, 0) is 44.0 Å². The van der Waals surface area contributed by atoms with Crippen LogP contribution in [0.1, 0.15) is 34.5 Å². The molecule has 154 valence electrons. The van der Waals surface area contributed by atoms with Gasteiger partial charge in [0.15, 0.2) is 0 Å². The summed E-state index contributed by atoms with van der Waals surface area (Å²) in [5.74, 6) is -0.599. The minimum absolute atomic E-state index is 0.281. The first-order valence-corrected chi connectivity index (χ1v) is 9.80. The number of nitrogens with one attached hydrogen (secondary N) is 1. The quantitative estimate of drug-likeness (QED) is 0.693. The average Bonchev–Trinajstić information content (AvgIpc) is 3.32. The third kappa shape index (κ3) is 4.10. The summed E-state index contributed by atoms with van der Waals surface area (Å²) in [5, 5.41) is 11.5. The Kier molecular flexibility index (Phi) is 5.35. The Morgan fingerprint density at radius 3 is 2.53 bits per heavy atom. The lowest BCUT2D eigenvalue weighted by Gasteiger charge is -2.10. The van der Waals surface area contributed by atoms with E-state index in [1.807, 2.05) is 18.5 Å². The summed E-state index contributed by atoms with van der Waals surface area (Å²) in [6, 6.07) is 14.3. The minimum atomic E-state index is -0.732. The Labute approximate surface area is 174 Å². The van der Waals surface area contributed by atoms with E-state index in [0.29, 0.717) is 24.4 Å². The fraction of sp³-hybridized carbons (Fsp3) is 0.261. The molecule has 1 atom stereocenters. The molecule has 4 rings (SSSR count). The van der Waals surface area contributed by atoms with Crippen LogP contribution >= 0.6 is 0 Å². The van der Waals surface area contributed by atoms with Crippen molar-refractivity contribution in [1.29, 1.82) is 0 Å². The normalized spacial score (nSPS) is 15.6. The van der Waals surface area contributed by atoms with Gasteiger partial charge in [0.2, 0.25) is 6.10 Å². The molecule has 2 heterocycles. The standard InChI is InChI=1S/C23H23FN4O2/c1-14-4-6-17(7-5-14)13-28-16(3)22(15(2)26-28)25-23(29)21-12-20(27-30-21)18-8-10-19(24)11-9-18/h4-11,21H,12-13H2,1-3H3,(H,25,29). The number of hydrogen-bond donors (Lipinski definition) is 1. The molecule has 1 amide bonds. The number of halogens is 1. The number of nitrogens with zero attached hydrogens (tertiary/aromatic N) is 3. The molecule has 2 aromatic carbocycles. The third-order valence-electron chi connectivity index (χ3n) is 5.22. The summed E-state index contributed by atoms with van der Waals surface area (Å²) >= 11 is 0. The van der Waals surface area contributed by atoms with Gasteiger partial charge in [0.05, 0.1) is 29.3 Å². The maximum absolute atomic E-state index is 13.1. The van der Waals surface area contributed by atoms with Gasteiger partial charge in [-0.25, -0.2) is 4.39 Å². The number of hydrogen-bond acceptors (Lipinski definition) is 4. The fourth-order valence-electron chi connectivity index (χ4n) is 3.43. The molecule has 30 heavy (non-hydrogen) atoms. The molecule has 1 aromatic heterocycles. The minimum Gasteiger partial charge on any atom is -0.382 e. The average molecular weight is 406 g/mol. The van der Waals surface area contributed by atoms with Gasteiger partial charge in [0.1, 0.15) is 5.82 Å². The summed E-state index contributed by atoms with van der Waals surface area (Å²) in [7, 11) is 0. The first kappa shape index (κ1) is 19.8. The van der Waals surface area contributed by atoms with Gasteiger partial charge < -0.3 is 10.2 Å². The van der Waals surface area contributed by atoms with Gasteiger partial charge in [-0.1, -0.05) is 47.1 Å². The molecule has 0 radical (unpaired) electrons. The van der Waals surface area contributed by atoms with E-state index in [-0.39, 0.29) is 11.7 Å². The van der Waals surface area contributed by atoms with Gasteiger partial charge >= 0.3 is 0 Å². The Balaban J connectivity index is 1.43. The van der Waals surface area contributed by atoms with E-state index in [1.54, 1.807) is 12.1 Å². The van der Waals surface area contributed by atoms with Crippen LogP contribution < -0.4 is 5.32 Å². The molecular formula is C23H23FN4O2. The SMILES string of the molecule is Cc1ccc(Cn2nc(C)c(NC(=O)C3CC(c4ccc(F)cc4)=NO3)c2C)cc1. The van der Waals surface area contributed by atoms with Crippen LogP contribution in [0.2, 0.25) is 0 Å². The number of oxime groups is 1. The second-order valence-corrected chi connectivity index (χ2v) is 7.52. The van der Waals surface area contributed by atoms with Crippen molar-refractivity contribution in [2.75, 3.05) is 5.32 Å². The first-order valence-electron chi connectivity index (χ1n) is 9.80. The number of carbonyl (C=O) groups excluding carboxylic acids is 1. The number of benzene rings is 2. The van der Waals surface area contributed by atoms with E-state index in [9.17, 15) is 9.18 Å². The van der Waals surface area contributed by atoms with Crippen molar-refractivity contribution in [1.82, 2.24) is 9.78 Å². The van der Waals surface area contributed by atoms with E-state index in [1.165, 1.54) is 17.7 Å². The molecule has 0 aliphatic carbocycles. The molecule has 6 nitrogen and oxygen atoms in total. The second kappa shape index (κ2) is 8.10. The molecule has 1 unspecified atom stereocenters. The van der Waals surface area contributed by atoms with Gasteiger partial charge in [-0.15, -0.1) is 0 Å². The zero-order chi connectivity index (χ0) is 21.3. The Hall–Kier alpha value is -3.48. The summed E-state index contributed by atoms with van der Waals surface area (Å²) in [5.41, 5.74) is 6.01. The first-order chi connectivity index (χ1) is 14.4. The van der Waals surface area contributed by atoms with Crippen LogP contribution in [0.3, 0.4) is 0 Å². The zero-order valence-electron chi connectivity index (χ0n) is 17.1. The smallest absolute Gasteiger partial charge is 0.268 e. The highest BCUT2D eigenvalue weighted by Gasteiger charge is 2.30. The summed E-state index contributed by atoms with van der Waals surface area (Å²) in [4.78, 5) is 18.1. The maximum Gasteiger partial charge on any atom is 0.268 e. The van der Waals surface area contributed by atoms with Crippen LogP contribution in [0, 0.1) is 26.6 Å². The van der Waals surface area contributed by atoms with Crippen molar-refractivity contribution in [3.8, 4) is 0 Å². The highest BCUT2D eigenvalue weighted by Crippen LogP contribution is 2.23. The lowest BCUT2D eigenvalue weighted by molar-refractivity contribution is -0.125. The third-order valence-corrected chi connectivity index (χ3v) is 5.22. The highest BCUT2D eigenvalue weighted by atomic mass is 19.1. The van der Waals surface area contributed by atoms with Crippen LogP contribution in [-0.4, -0.2) is 27.5 Å². The predicted molar refractivity (Wildman–Crippen MR) is 113 cm³/mol. The van der Waals surface area contributed by atoms with Crippen molar-refractivity contribution in [3.05, 3.63) is 82.4 Å². The van der Waals surface area contributed by atoms with Crippen molar-refractivity contribution >= 4 is 17.3 Å². The number of aryl methyl sites for hydroxylation is 2. The molecule has 1 N–H and O–H groups in total. The Morgan fingerprint density at radius 2 is 1.83 bits per heavy atom. The van der Waals surface area contributed by atoms with Crippen molar-refractivity contribution in [2.45, 2.75) is 39.8 Å². The van der Waals surface area contributed by atoms with Gasteiger partial charge in [0.25, 0.3) is 5.91 Å². The van der Waals surface area contributed by atoms with Gasteiger partial charge in [0, 0.05) is 6.42 Å². The molecule has 0 spiro atoms. The van der Waals surface area contributed by atoms with E-state index in [0.717, 1.165) is 22.5 Å². The van der Waals surface area contributed by atoms with Gasteiger partial charge in [-0.3, -0.25) is 9.48 Å². The molecule has 0 fully saturated rings.